The van der Waals surface area contributed by atoms with Crippen LogP contribution in [0.2, 0.25) is 5.02 Å². The van der Waals surface area contributed by atoms with Gasteiger partial charge in [0.15, 0.2) is 0 Å². The van der Waals surface area contributed by atoms with Crippen LogP contribution in [0.1, 0.15) is 25.3 Å². The fourth-order valence-corrected chi connectivity index (χ4v) is 2.65. The van der Waals surface area contributed by atoms with Crippen molar-refractivity contribution < 1.29 is 9.47 Å². The minimum Gasteiger partial charge on any atom is -0.496 e. The molecule has 1 fully saturated rings. The van der Waals surface area contributed by atoms with Gasteiger partial charge in [-0.2, -0.15) is 0 Å². The van der Waals surface area contributed by atoms with Crippen molar-refractivity contribution in [2.75, 3.05) is 13.7 Å². The second-order valence-corrected chi connectivity index (χ2v) is 5.47. The molecule has 1 heterocycles. The molecule has 1 aliphatic heterocycles. The molecule has 2 unspecified atom stereocenters. The number of halogens is 1. The number of ether oxygens (including phenoxy) is 2. The van der Waals surface area contributed by atoms with Crippen molar-refractivity contribution >= 4 is 11.6 Å². The van der Waals surface area contributed by atoms with Crippen molar-refractivity contribution in [3.8, 4) is 5.75 Å². The van der Waals surface area contributed by atoms with E-state index in [1.807, 2.05) is 18.2 Å². The van der Waals surface area contributed by atoms with E-state index in [1.165, 1.54) is 0 Å². The van der Waals surface area contributed by atoms with E-state index in [9.17, 15) is 0 Å². The summed E-state index contributed by atoms with van der Waals surface area (Å²) in [6.45, 7) is 2.89. The van der Waals surface area contributed by atoms with Crippen LogP contribution in [0, 0.1) is 0 Å². The highest BCUT2D eigenvalue weighted by atomic mass is 35.5. The number of methoxy groups -OCH3 is 1. The molecule has 1 aromatic carbocycles. The average Bonchev–Trinajstić information content (AvgIpc) is 2.78. The van der Waals surface area contributed by atoms with Crippen molar-refractivity contribution in [2.24, 2.45) is 5.73 Å². The van der Waals surface area contributed by atoms with Gasteiger partial charge in [-0.1, -0.05) is 11.6 Å². The molecule has 0 spiro atoms. The van der Waals surface area contributed by atoms with Gasteiger partial charge in [-0.05, 0) is 49.9 Å². The van der Waals surface area contributed by atoms with Crippen molar-refractivity contribution in [3.63, 3.8) is 0 Å². The molecule has 4 heteroatoms. The van der Waals surface area contributed by atoms with Gasteiger partial charge in [0.25, 0.3) is 0 Å². The Morgan fingerprint density at radius 1 is 1.56 bits per heavy atom. The van der Waals surface area contributed by atoms with E-state index in [1.54, 1.807) is 7.11 Å². The molecule has 18 heavy (non-hydrogen) atoms. The number of rotatable bonds is 4. The zero-order chi connectivity index (χ0) is 13.2. The summed E-state index contributed by atoms with van der Waals surface area (Å²) < 4.78 is 11.1. The van der Waals surface area contributed by atoms with Gasteiger partial charge in [-0.25, -0.2) is 0 Å². The Hall–Kier alpha value is -0.770. The quantitative estimate of drug-likeness (QED) is 0.914. The molecule has 0 saturated carbocycles. The monoisotopic (exact) mass is 269 g/mol. The molecule has 3 nitrogen and oxygen atoms in total. The Balaban J connectivity index is 2.15. The van der Waals surface area contributed by atoms with Gasteiger partial charge in [-0.15, -0.1) is 0 Å². The molecule has 1 aromatic rings. The Kier molecular flexibility index (Phi) is 4.15. The van der Waals surface area contributed by atoms with Crippen molar-refractivity contribution in [1.82, 2.24) is 0 Å². The van der Waals surface area contributed by atoms with Gasteiger partial charge in [0.05, 0.1) is 12.7 Å². The number of benzene rings is 1. The molecule has 1 aliphatic rings. The van der Waals surface area contributed by atoms with Crippen LogP contribution in [0.5, 0.6) is 5.75 Å². The number of nitrogens with two attached hydrogens (primary N) is 1. The lowest BCUT2D eigenvalue weighted by molar-refractivity contribution is -0.00100. The molecule has 1 saturated heterocycles. The van der Waals surface area contributed by atoms with E-state index in [0.29, 0.717) is 11.4 Å². The predicted octanol–water partition coefficient (Wildman–Crippen LogP) is 2.79. The lowest BCUT2D eigenvalue weighted by atomic mass is 9.89. The standard InChI is InChI=1S/C14H20ClNO2/c1-14(6-3-7-18-14)13(16)9-10-8-11(15)4-5-12(10)17-2/h4-5,8,13H,3,6-7,9,16H2,1-2H3. The largest absolute Gasteiger partial charge is 0.496 e. The third-order valence-electron chi connectivity index (χ3n) is 3.72. The highest BCUT2D eigenvalue weighted by molar-refractivity contribution is 6.30. The summed E-state index contributed by atoms with van der Waals surface area (Å²) >= 11 is 6.02. The van der Waals surface area contributed by atoms with Gasteiger partial charge in [-0.3, -0.25) is 0 Å². The molecule has 2 rings (SSSR count). The van der Waals surface area contributed by atoms with Crippen LogP contribution in [0.4, 0.5) is 0 Å². The first-order chi connectivity index (χ1) is 8.55. The minimum absolute atomic E-state index is 0.0487. The highest BCUT2D eigenvalue weighted by Crippen LogP contribution is 2.31. The second kappa shape index (κ2) is 5.47. The van der Waals surface area contributed by atoms with Crippen LogP contribution < -0.4 is 10.5 Å². The van der Waals surface area contributed by atoms with E-state index < -0.39 is 0 Å². The van der Waals surface area contributed by atoms with Gasteiger partial charge in [0.1, 0.15) is 5.75 Å². The second-order valence-electron chi connectivity index (χ2n) is 5.03. The Morgan fingerprint density at radius 2 is 2.33 bits per heavy atom. The summed E-state index contributed by atoms with van der Waals surface area (Å²) in [5, 5.41) is 0.704. The zero-order valence-electron chi connectivity index (χ0n) is 10.9. The average molecular weight is 270 g/mol. The molecule has 0 aliphatic carbocycles. The topological polar surface area (TPSA) is 44.5 Å². The third kappa shape index (κ3) is 2.79. The van der Waals surface area contributed by atoms with Crippen LogP contribution in [-0.2, 0) is 11.2 Å². The fourth-order valence-electron chi connectivity index (χ4n) is 2.45. The highest BCUT2D eigenvalue weighted by Gasteiger charge is 2.36. The van der Waals surface area contributed by atoms with Crippen molar-refractivity contribution in [3.05, 3.63) is 28.8 Å². The van der Waals surface area contributed by atoms with E-state index in [0.717, 1.165) is 30.8 Å². The molecule has 2 N–H and O–H groups in total. The predicted molar refractivity (Wildman–Crippen MR) is 73.3 cm³/mol. The normalized spacial score (nSPS) is 25.1. The van der Waals surface area contributed by atoms with Crippen LogP contribution >= 0.6 is 11.6 Å². The molecule has 100 valence electrons. The maximum Gasteiger partial charge on any atom is 0.122 e. The summed E-state index contributed by atoms with van der Waals surface area (Å²) in [5.74, 6) is 0.830. The number of hydrogen-bond acceptors (Lipinski definition) is 3. The summed E-state index contributed by atoms with van der Waals surface area (Å²) in [6, 6.07) is 5.57. The minimum atomic E-state index is -0.229. The molecular formula is C14H20ClNO2. The lowest BCUT2D eigenvalue weighted by Gasteiger charge is -2.30. The zero-order valence-corrected chi connectivity index (χ0v) is 11.7. The summed E-state index contributed by atoms with van der Waals surface area (Å²) in [6.07, 6.45) is 2.80. The van der Waals surface area contributed by atoms with E-state index in [-0.39, 0.29) is 11.6 Å². The Bertz CT molecular complexity index is 416. The fraction of sp³-hybridized carbons (Fsp3) is 0.571. The molecule has 0 bridgehead atoms. The molecule has 0 aromatic heterocycles. The first-order valence-corrected chi connectivity index (χ1v) is 6.65. The lowest BCUT2D eigenvalue weighted by Crippen LogP contribution is -2.46. The van der Waals surface area contributed by atoms with Gasteiger partial charge >= 0.3 is 0 Å². The Morgan fingerprint density at radius 3 is 2.94 bits per heavy atom. The van der Waals surface area contributed by atoms with Gasteiger partial charge in [0.2, 0.25) is 0 Å². The first kappa shape index (κ1) is 13.7. The molecule has 0 amide bonds. The smallest absolute Gasteiger partial charge is 0.122 e. The van der Waals surface area contributed by atoms with E-state index >= 15 is 0 Å². The van der Waals surface area contributed by atoms with Crippen LogP contribution in [0.3, 0.4) is 0 Å². The van der Waals surface area contributed by atoms with Crippen molar-refractivity contribution in [2.45, 2.75) is 37.8 Å². The maximum atomic E-state index is 6.30. The van der Waals surface area contributed by atoms with Gasteiger partial charge < -0.3 is 15.2 Å². The summed E-state index contributed by atoms with van der Waals surface area (Å²) in [4.78, 5) is 0. The van der Waals surface area contributed by atoms with Gasteiger partial charge in [0, 0.05) is 17.7 Å². The molecular weight excluding hydrogens is 250 g/mol. The SMILES string of the molecule is COc1ccc(Cl)cc1CC(N)C1(C)CCCO1. The Labute approximate surface area is 113 Å². The third-order valence-corrected chi connectivity index (χ3v) is 3.95. The molecule has 0 radical (unpaired) electrons. The van der Waals surface area contributed by atoms with E-state index in [4.69, 9.17) is 26.8 Å². The summed E-state index contributed by atoms with van der Waals surface area (Å²) in [5.41, 5.74) is 7.10. The molecule has 2 atom stereocenters. The van der Waals surface area contributed by atoms with Crippen LogP contribution in [0.15, 0.2) is 18.2 Å². The van der Waals surface area contributed by atoms with Crippen LogP contribution in [0.25, 0.3) is 0 Å². The first-order valence-electron chi connectivity index (χ1n) is 6.27. The van der Waals surface area contributed by atoms with E-state index in [2.05, 4.69) is 6.92 Å². The van der Waals surface area contributed by atoms with Crippen LogP contribution in [-0.4, -0.2) is 25.4 Å². The summed E-state index contributed by atoms with van der Waals surface area (Å²) in [7, 11) is 1.66. The maximum absolute atomic E-state index is 6.30. The number of hydrogen-bond donors (Lipinski definition) is 1. The van der Waals surface area contributed by atoms with Crippen molar-refractivity contribution in [1.29, 1.82) is 0 Å².